The summed E-state index contributed by atoms with van der Waals surface area (Å²) < 4.78 is 7.31. The molecule has 0 saturated carbocycles. The maximum absolute atomic E-state index is 5.38. The quantitative estimate of drug-likeness (QED) is 0.521. The molecule has 0 aliphatic rings. The van der Waals surface area contributed by atoms with Gasteiger partial charge in [-0.05, 0) is 32.4 Å². The van der Waals surface area contributed by atoms with Crippen LogP contribution in [0.1, 0.15) is 22.8 Å². The third kappa shape index (κ3) is 3.00. The van der Waals surface area contributed by atoms with E-state index in [0.29, 0.717) is 23.2 Å². The van der Waals surface area contributed by atoms with Crippen LogP contribution in [0.25, 0.3) is 17.2 Å². The first kappa shape index (κ1) is 15.8. The lowest BCUT2D eigenvalue weighted by molar-refractivity contribution is 0.391. The summed E-state index contributed by atoms with van der Waals surface area (Å²) in [6.07, 6.45) is 0. The van der Waals surface area contributed by atoms with Crippen molar-refractivity contribution in [2.75, 3.05) is 0 Å². The summed E-state index contributed by atoms with van der Waals surface area (Å²) in [5, 5.41) is 13.2. The van der Waals surface area contributed by atoms with Crippen molar-refractivity contribution in [1.82, 2.24) is 29.7 Å². The molecule has 0 radical (unpaired) electrons. The number of fused-ring (bicyclic) bond motifs is 1. The smallest absolute Gasteiger partial charge is 0.256 e. The first-order valence-corrected chi connectivity index (χ1v) is 8.81. The van der Waals surface area contributed by atoms with Gasteiger partial charge >= 0.3 is 0 Å². The van der Waals surface area contributed by atoms with Crippen molar-refractivity contribution in [1.29, 1.82) is 0 Å². The van der Waals surface area contributed by atoms with E-state index in [1.807, 2.05) is 55.5 Å². The van der Waals surface area contributed by atoms with Gasteiger partial charge in [0, 0.05) is 17.0 Å². The molecule has 0 atom stereocenters. The Hall–Kier alpha value is -2.74. The van der Waals surface area contributed by atoms with Crippen molar-refractivity contribution in [3.05, 3.63) is 53.2 Å². The fourth-order valence-corrected chi connectivity index (χ4v) is 3.49. The lowest BCUT2D eigenvalue weighted by atomic mass is 10.1. The van der Waals surface area contributed by atoms with Crippen molar-refractivity contribution >= 4 is 17.5 Å². The molecule has 8 heteroatoms. The van der Waals surface area contributed by atoms with Crippen LogP contribution in [0.5, 0.6) is 0 Å². The number of nitrogens with zero attached hydrogens (tertiary/aromatic N) is 6. The Morgan fingerprint density at radius 1 is 1.08 bits per heavy atom. The standard InChI is InChI=1S/C17H16N6OS/c1-10-6-4-5-7-13(10)15-19-14(24-22-15)9-25-17-21-20-16-18-11(2)8-12(3)23(16)17/h4-8H,9H2,1-3H3. The molecular weight excluding hydrogens is 336 g/mol. The normalized spacial score (nSPS) is 11.3. The van der Waals surface area contributed by atoms with Gasteiger partial charge in [-0.2, -0.15) is 4.98 Å². The highest BCUT2D eigenvalue weighted by atomic mass is 32.2. The van der Waals surface area contributed by atoms with Gasteiger partial charge in [-0.1, -0.05) is 41.2 Å². The fraction of sp³-hybridized carbons (Fsp3) is 0.235. The largest absolute Gasteiger partial charge is 0.338 e. The van der Waals surface area contributed by atoms with E-state index in [9.17, 15) is 0 Å². The Kier molecular flexibility index (Phi) is 3.96. The van der Waals surface area contributed by atoms with Crippen molar-refractivity contribution in [2.24, 2.45) is 0 Å². The van der Waals surface area contributed by atoms with E-state index in [1.54, 1.807) is 0 Å². The van der Waals surface area contributed by atoms with Crippen LogP contribution in [0.4, 0.5) is 0 Å². The Balaban J connectivity index is 1.56. The van der Waals surface area contributed by atoms with Crippen LogP contribution >= 0.6 is 11.8 Å². The molecule has 25 heavy (non-hydrogen) atoms. The molecule has 126 valence electrons. The van der Waals surface area contributed by atoms with Crippen molar-refractivity contribution in [3.8, 4) is 11.4 Å². The summed E-state index contributed by atoms with van der Waals surface area (Å²) in [6.45, 7) is 5.98. The maximum Gasteiger partial charge on any atom is 0.256 e. The zero-order valence-corrected chi connectivity index (χ0v) is 14.9. The number of benzene rings is 1. The molecule has 7 nitrogen and oxygen atoms in total. The van der Waals surface area contributed by atoms with E-state index in [0.717, 1.165) is 27.7 Å². The van der Waals surface area contributed by atoms with Crippen LogP contribution in [0.2, 0.25) is 0 Å². The van der Waals surface area contributed by atoms with Crippen LogP contribution in [0.15, 0.2) is 40.0 Å². The SMILES string of the molecule is Cc1cc(C)n2c(SCc3nc(-c4ccccc4C)no3)nnc2n1. The predicted octanol–water partition coefficient (Wildman–Crippen LogP) is 3.39. The summed E-state index contributed by atoms with van der Waals surface area (Å²) >= 11 is 1.50. The average Bonchev–Trinajstić information content (AvgIpc) is 3.20. The van der Waals surface area contributed by atoms with Gasteiger partial charge in [-0.25, -0.2) is 4.98 Å². The molecule has 0 fully saturated rings. The minimum Gasteiger partial charge on any atom is -0.338 e. The summed E-state index contributed by atoms with van der Waals surface area (Å²) in [4.78, 5) is 8.88. The zero-order valence-electron chi connectivity index (χ0n) is 14.1. The van der Waals surface area contributed by atoms with Crippen LogP contribution < -0.4 is 0 Å². The minimum atomic E-state index is 0.521. The van der Waals surface area contributed by atoms with Crippen molar-refractivity contribution < 1.29 is 4.52 Å². The predicted molar refractivity (Wildman–Crippen MR) is 94.3 cm³/mol. The minimum absolute atomic E-state index is 0.521. The molecule has 0 aliphatic carbocycles. The molecule has 3 heterocycles. The summed E-state index contributed by atoms with van der Waals surface area (Å²) in [5.74, 6) is 2.28. The highest BCUT2D eigenvalue weighted by molar-refractivity contribution is 7.98. The van der Waals surface area contributed by atoms with E-state index in [4.69, 9.17) is 4.52 Å². The molecule has 3 aromatic heterocycles. The Morgan fingerprint density at radius 2 is 1.92 bits per heavy atom. The lowest BCUT2D eigenvalue weighted by Crippen LogP contribution is -1.97. The van der Waals surface area contributed by atoms with E-state index in [-0.39, 0.29) is 0 Å². The lowest BCUT2D eigenvalue weighted by Gasteiger charge is -2.02. The van der Waals surface area contributed by atoms with Crippen LogP contribution in [-0.4, -0.2) is 29.7 Å². The number of aryl methyl sites for hydroxylation is 3. The fourth-order valence-electron chi connectivity index (χ4n) is 2.67. The highest BCUT2D eigenvalue weighted by Crippen LogP contribution is 2.24. The van der Waals surface area contributed by atoms with Crippen LogP contribution in [-0.2, 0) is 5.75 Å². The second-order valence-electron chi connectivity index (χ2n) is 5.77. The molecule has 0 spiro atoms. The summed E-state index contributed by atoms with van der Waals surface area (Å²) in [7, 11) is 0. The second-order valence-corrected chi connectivity index (χ2v) is 6.71. The Labute approximate surface area is 148 Å². The Morgan fingerprint density at radius 3 is 2.76 bits per heavy atom. The number of rotatable bonds is 4. The zero-order chi connectivity index (χ0) is 17.4. The van der Waals surface area contributed by atoms with Gasteiger partial charge in [0.2, 0.25) is 11.7 Å². The van der Waals surface area contributed by atoms with Gasteiger partial charge < -0.3 is 4.52 Å². The average molecular weight is 352 g/mol. The third-order valence-corrected chi connectivity index (χ3v) is 4.76. The summed E-state index contributed by atoms with van der Waals surface area (Å²) in [5.41, 5.74) is 4.06. The topological polar surface area (TPSA) is 82.0 Å². The Bertz CT molecular complexity index is 1050. The molecule has 0 bridgehead atoms. The van der Waals surface area contributed by atoms with E-state index in [1.165, 1.54) is 11.8 Å². The molecule has 0 N–H and O–H groups in total. The first-order valence-electron chi connectivity index (χ1n) is 7.82. The highest BCUT2D eigenvalue weighted by Gasteiger charge is 2.14. The summed E-state index contributed by atoms with van der Waals surface area (Å²) in [6, 6.07) is 9.97. The molecule has 0 saturated heterocycles. The van der Waals surface area contributed by atoms with Gasteiger partial charge in [-0.15, -0.1) is 10.2 Å². The maximum atomic E-state index is 5.38. The number of hydrogen-bond donors (Lipinski definition) is 0. The first-order chi connectivity index (χ1) is 12.1. The van der Waals surface area contributed by atoms with Gasteiger partial charge in [0.25, 0.3) is 5.78 Å². The molecular formula is C17H16N6OS. The van der Waals surface area contributed by atoms with E-state index in [2.05, 4.69) is 25.3 Å². The molecule has 0 aliphatic heterocycles. The molecule has 1 aromatic carbocycles. The van der Waals surface area contributed by atoms with Gasteiger partial charge in [-0.3, -0.25) is 4.40 Å². The number of thioether (sulfide) groups is 1. The third-order valence-electron chi connectivity index (χ3n) is 3.84. The van der Waals surface area contributed by atoms with Gasteiger partial charge in [0.15, 0.2) is 5.16 Å². The van der Waals surface area contributed by atoms with Crippen molar-refractivity contribution in [2.45, 2.75) is 31.7 Å². The van der Waals surface area contributed by atoms with Crippen LogP contribution in [0, 0.1) is 20.8 Å². The number of hydrogen-bond acceptors (Lipinski definition) is 7. The van der Waals surface area contributed by atoms with Gasteiger partial charge in [0.1, 0.15) is 0 Å². The van der Waals surface area contributed by atoms with E-state index >= 15 is 0 Å². The second kappa shape index (κ2) is 6.29. The molecule has 4 rings (SSSR count). The van der Waals surface area contributed by atoms with Gasteiger partial charge in [0.05, 0.1) is 5.75 Å². The number of aromatic nitrogens is 6. The molecule has 0 unspecified atom stereocenters. The monoisotopic (exact) mass is 352 g/mol. The van der Waals surface area contributed by atoms with Crippen LogP contribution in [0.3, 0.4) is 0 Å². The van der Waals surface area contributed by atoms with E-state index < -0.39 is 0 Å². The molecule has 4 aromatic rings. The van der Waals surface area contributed by atoms with Crippen molar-refractivity contribution in [3.63, 3.8) is 0 Å². The molecule has 0 amide bonds.